The molecule has 0 saturated heterocycles. The number of rotatable bonds is 11. The van der Waals surface area contributed by atoms with E-state index in [1.807, 2.05) is 36.4 Å². The second-order valence-electron chi connectivity index (χ2n) is 13.7. The lowest BCUT2D eigenvalue weighted by atomic mass is 9.56. The van der Waals surface area contributed by atoms with E-state index in [1.165, 1.54) is 6.08 Å². The number of hydrogen-bond acceptors (Lipinski definition) is 6. The summed E-state index contributed by atoms with van der Waals surface area (Å²) in [5.74, 6) is 0.566. The molecule has 2 aromatic carbocycles. The maximum Gasteiger partial charge on any atom is 0.513 e. The smallest absolute Gasteiger partial charge is 0.430 e. The number of fused-ring (bicyclic) bond motifs is 1. The van der Waals surface area contributed by atoms with Crippen molar-refractivity contribution in [3.05, 3.63) is 95.8 Å². The molecule has 4 rings (SSSR count). The van der Waals surface area contributed by atoms with Gasteiger partial charge in [0.1, 0.15) is 12.4 Å². The van der Waals surface area contributed by atoms with E-state index in [-0.39, 0.29) is 41.3 Å². The minimum atomic E-state index is -2.13. The first kappa shape index (κ1) is 33.2. The summed E-state index contributed by atoms with van der Waals surface area (Å²) in [5, 5.41) is 0.0582. The summed E-state index contributed by atoms with van der Waals surface area (Å²) in [5.41, 5.74) is 2.97. The van der Waals surface area contributed by atoms with E-state index in [0.29, 0.717) is 25.4 Å². The molecule has 0 aromatic heterocycles. The predicted octanol–water partition coefficient (Wildman–Crippen LogP) is 8.98. The molecule has 2 aliphatic carbocycles. The average Bonchev–Trinajstić information content (AvgIpc) is 2.97. The Bertz CT molecular complexity index is 1250. The average molecular weight is 607 g/mol. The number of hydrogen-bond donors (Lipinski definition) is 0. The number of carbonyl (C=O) groups is 1. The van der Waals surface area contributed by atoms with Gasteiger partial charge in [-0.25, -0.2) is 4.79 Å². The van der Waals surface area contributed by atoms with Crippen LogP contribution in [0.5, 0.6) is 0 Å². The highest BCUT2D eigenvalue weighted by Gasteiger charge is 2.58. The van der Waals surface area contributed by atoms with Crippen molar-refractivity contribution in [2.75, 3.05) is 6.61 Å². The van der Waals surface area contributed by atoms with E-state index >= 15 is 0 Å². The van der Waals surface area contributed by atoms with E-state index < -0.39 is 14.5 Å². The van der Waals surface area contributed by atoms with Crippen molar-refractivity contribution in [2.24, 2.45) is 11.3 Å². The molecule has 43 heavy (non-hydrogen) atoms. The van der Waals surface area contributed by atoms with Crippen LogP contribution in [-0.4, -0.2) is 39.4 Å². The molecule has 234 valence electrons. The van der Waals surface area contributed by atoms with Crippen molar-refractivity contribution < 1.29 is 28.2 Å². The molecule has 0 N–H and O–H groups in total. The van der Waals surface area contributed by atoms with Crippen LogP contribution in [0.4, 0.5) is 4.79 Å². The number of carbonyl (C=O) groups excluding carboxylic acids is 1. The Morgan fingerprint density at radius 1 is 1.00 bits per heavy atom. The molecule has 0 bridgehead atoms. The zero-order chi connectivity index (χ0) is 31.3. The highest BCUT2D eigenvalue weighted by Crippen LogP contribution is 2.56. The molecule has 2 aliphatic rings. The van der Waals surface area contributed by atoms with Crippen LogP contribution in [0.3, 0.4) is 0 Å². The molecule has 2 aromatic rings. The first-order valence-electron chi connectivity index (χ1n) is 15.5. The summed E-state index contributed by atoms with van der Waals surface area (Å²) in [4.78, 5) is 12.5. The Morgan fingerprint density at radius 3 is 2.14 bits per heavy atom. The molecule has 0 heterocycles. The van der Waals surface area contributed by atoms with Gasteiger partial charge in [-0.1, -0.05) is 101 Å². The zero-order valence-electron chi connectivity index (χ0n) is 27.1. The molecule has 5 atom stereocenters. The van der Waals surface area contributed by atoms with Gasteiger partial charge in [0.15, 0.2) is 8.32 Å². The SMILES string of the molecule is C=CCOC(=O)OC1=C(C)[C@H]2[C@H](OCc3ccccc3)[C@@H](OCc3ccccc3)C[C@H](O[Si](C)(C)C(C)(C)C)[C@]2(C)CC1. The molecule has 6 nitrogen and oxygen atoms in total. The van der Waals surface area contributed by atoms with Crippen LogP contribution < -0.4 is 0 Å². The van der Waals surface area contributed by atoms with Gasteiger partial charge in [-0.2, -0.15) is 0 Å². The monoisotopic (exact) mass is 606 g/mol. The third-order valence-corrected chi connectivity index (χ3v) is 14.2. The Morgan fingerprint density at radius 2 is 1.58 bits per heavy atom. The van der Waals surface area contributed by atoms with Crippen LogP contribution in [0.25, 0.3) is 0 Å². The van der Waals surface area contributed by atoms with Crippen molar-refractivity contribution in [2.45, 2.75) is 104 Å². The second-order valence-corrected chi connectivity index (χ2v) is 18.5. The third kappa shape index (κ3) is 7.87. The zero-order valence-corrected chi connectivity index (χ0v) is 28.1. The van der Waals surface area contributed by atoms with Crippen LogP contribution in [0, 0.1) is 11.3 Å². The van der Waals surface area contributed by atoms with Gasteiger partial charge in [0.05, 0.1) is 31.5 Å². The van der Waals surface area contributed by atoms with Crippen LogP contribution in [-0.2, 0) is 36.6 Å². The molecular formula is C36H50O6Si. The standard InChI is InChI=1S/C36H50O6Si/c1-9-22-38-34(37)41-29-20-21-36(6)31(42-43(7,8)35(3,4)5)23-30(39-24-27-16-12-10-13-17-27)33(32(36)26(29)2)40-25-28-18-14-11-15-19-28/h9-19,30-33H,1,20-25H2,2-8H3/t30-,31-,32-,33+,36-/m0/s1. The predicted molar refractivity (Wildman–Crippen MR) is 173 cm³/mol. The fraction of sp³-hybridized carbons (Fsp3) is 0.528. The van der Waals surface area contributed by atoms with Crippen molar-refractivity contribution in [3.8, 4) is 0 Å². The van der Waals surface area contributed by atoms with Gasteiger partial charge in [0.25, 0.3) is 0 Å². The lowest BCUT2D eigenvalue weighted by molar-refractivity contribution is -0.190. The molecule has 0 radical (unpaired) electrons. The van der Waals surface area contributed by atoms with E-state index in [2.05, 4.69) is 78.6 Å². The lowest BCUT2D eigenvalue weighted by Crippen LogP contribution is -2.61. The van der Waals surface area contributed by atoms with E-state index in [1.54, 1.807) is 0 Å². The number of allylic oxidation sites excluding steroid dienone is 1. The number of ether oxygens (including phenoxy) is 4. The molecular weight excluding hydrogens is 556 g/mol. The van der Waals surface area contributed by atoms with Gasteiger partial charge in [-0.15, -0.1) is 0 Å². The van der Waals surface area contributed by atoms with Gasteiger partial charge in [-0.3, -0.25) is 0 Å². The summed E-state index contributed by atoms with van der Waals surface area (Å²) >= 11 is 0. The van der Waals surface area contributed by atoms with Gasteiger partial charge in [0.2, 0.25) is 0 Å². The summed E-state index contributed by atoms with van der Waals surface area (Å²) in [6.07, 6.45) is 2.45. The van der Waals surface area contributed by atoms with Crippen LogP contribution in [0.15, 0.2) is 84.7 Å². The van der Waals surface area contributed by atoms with Crippen LogP contribution in [0.2, 0.25) is 18.1 Å². The summed E-state index contributed by atoms with van der Waals surface area (Å²) in [7, 11) is -2.13. The van der Waals surface area contributed by atoms with E-state index in [0.717, 1.165) is 29.5 Å². The quantitative estimate of drug-likeness (QED) is 0.145. The van der Waals surface area contributed by atoms with E-state index in [9.17, 15) is 4.79 Å². The van der Waals surface area contributed by atoms with Gasteiger partial charge in [0, 0.05) is 24.2 Å². The maximum absolute atomic E-state index is 12.5. The molecule has 1 fully saturated rings. The van der Waals surface area contributed by atoms with Crippen LogP contribution >= 0.6 is 0 Å². The fourth-order valence-corrected chi connectivity index (χ4v) is 7.66. The maximum atomic E-state index is 12.5. The van der Waals surface area contributed by atoms with Crippen molar-refractivity contribution in [1.29, 1.82) is 0 Å². The first-order chi connectivity index (χ1) is 20.4. The largest absolute Gasteiger partial charge is 0.513 e. The lowest BCUT2D eigenvalue weighted by Gasteiger charge is -2.57. The van der Waals surface area contributed by atoms with Gasteiger partial charge in [-0.05, 0) is 48.2 Å². The summed E-state index contributed by atoms with van der Waals surface area (Å²) < 4.78 is 31.9. The highest BCUT2D eigenvalue weighted by molar-refractivity contribution is 6.74. The van der Waals surface area contributed by atoms with Crippen LogP contribution in [0.1, 0.15) is 65.0 Å². The Kier molecular flexibility index (Phi) is 10.8. The first-order valence-corrected chi connectivity index (χ1v) is 18.4. The fourth-order valence-electron chi connectivity index (χ4n) is 6.23. The Hall–Kier alpha value is -2.71. The molecule has 7 heteroatoms. The highest BCUT2D eigenvalue weighted by atomic mass is 28.4. The molecule has 0 amide bonds. The third-order valence-electron chi connectivity index (χ3n) is 9.75. The summed E-state index contributed by atoms with van der Waals surface area (Å²) in [6.45, 7) is 20.6. The minimum Gasteiger partial charge on any atom is -0.430 e. The van der Waals surface area contributed by atoms with Crippen molar-refractivity contribution in [1.82, 2.24) is 0 Å². The van der Waals surface area contributed by atoms with Gasteiger partial charge >= 0.3 is 6.16 Å². The molecule has 1 saturated carbocycles. The number of benzene rings is 2. The Balaban J connectivity index is 1.74. The van der Waals surface area contributed by atoms with Crippen molar-refractivity contribution in [3.63, 3.8) is 0 Å². The van der Waals surface area contributed by atoms with Gasteiger partial charge < -0.3 is 23.4 Å². The molecule has 0 aliphatic heterocycles. The minimum absolute atomic E-state index is 0.0417. The van der Waals surface area contributed by atoms with E-state index in [4.69, 9.17) is 23.4 Å². The second kappa shape index (κ2) is 13.9. The van der Waals surface area contributed by atoms with Crippen molar-refractivity contribution >= 4 is 14.5 Å². The molecule has 0 unspecified atom stereocenters. The normalized spacial score (nSPS) is 26.0. The topological polar surface area (TPSA) is 63.2 Å². The summed E-state index contributed by atoms with van der Waals surface area (Å²) in [6, 6.07) is 20.5. The molecule has 0 spiro atoms. The Labute approximate surface area is 259 Å².